The maximum Gasteiger partial charge on any atom is 0.102 e. The molecule has 0 aliphatic rings. The van der Waals surface area contributed by atoms with E-state index in [1.165, 1.54) is 6.32 Å². The van der Waals surface area contributed by atoms with Crippen LogP contribution < -0.4 is 0 Å². The summed E-state index contributed by atoms with van der Waals surface area (Å²) in [6.07, 6.45) is 5.49. The Kier molecular flexibility index (Phi) is 5.40. The van der Waals surface area contributed by atoms with Crippen LogP contribution in [0, 0.1) is 5.92 Å². The number of hydrogen-bond donors (Lipinski definition) is 1. The smallest absolute Gasteiger partial charge is 0.102 e. The van der Waals surface area contributed by atoms with Crippen molar-refractivity contribution in [3.8, 4) is 0 Å². The second-order valence-electron chi connectivity index (χ2n) is 1.88. The van der Waals surface area contributed by atoms with E-state index < -0.39 is 0 Å². The van der Waals surface area contributed by atoms with Gasteiger partial charge in [0.25, 0.3) is 0 Å². The summed E-state index contributed by atoms with van der Waals surface area (Å²) in [6.45, 7) is 2.05. The van der Waals surface area contributed by atoms with Crippen LogP contribution in [0.1, 0.15) is 6.92 Å². The van der Waals surface area contributed by atoms with Gasteiger partial charge in [-0.1, -0.05) is 18.5 Å². The Morgan fingerprint density at radius 3 is 2.50 bits per heavy atom. The molecule has 0 aliphatic carbocycles. The minimum absolute atomic E-state index is 0.684. The predicted octanol–water partition coefficient (Wildman–Crippen LogP) is 1.16. The molecule has 0 nitrogen and oxygen atoms in total. The van der Waals surface area contributed by atoms with Gasteiger partial charge in [-0.3, -0.25) is 0 Å². The molecule has 0 unspecified atom stereocenters. The van der Waals surface area contributed by atoms with Crippen molar-refractivity contribution < 1.29 is 0 Å². The van der Waals surface area contributed by atoms with Crippen molar-refractivity contribution in [3.05, 3.63) is 12.2 Å². The first kappa shape index (κ1) is 8.15. The average molecular weight is 128 g/mol. The highest BCUT2D eigenvalue weighted by Crippen LogP contribution is 2.04. The number of rotatable bonds is 3. The summed E-state index contributed by atoms with van der Waals surface area (Å²) in [5.74, 6) is 1.66. The molecule has 0 N–H and O–H groups in total. The average Bonchev–Trinajstić information content (AvgIpc) is 1.83. The molecule has 0 rings (SSSR count). The van der Waals surface area contributed by atoms with E-state index in [9.17, 15) is 0 Å². The summed E-state index contributed by atoms with van der Waals surface area (Å²) in [7, 11) is 2.18. The standard InChI is InChI=1S/C6H13BS/c1-2-3-6(4-7)5-8/h2-3,6,8H,4-5,7H2,1H3/b3-2+/t6-/m1/s1. The Labute approximate surface area is 58.2 Å². The van der Waals surface area contributed by atoms with Crippen molar-refractivity contribution in [1.29, 1.82) is 0 Å². The summed E-state index contributed by atoms with van der Waals surface area (Å²) < 4.78 is 0. The zero-order valence-electron chi connectivity index (χ0n) is 5.59. The zero-order chi connectivity index (χ0) is 6.41. The Bertz CT molecular complexity index is 66.9. The van der Waals surface area contributed by atoms with Gasteiger partial charge in [0, 0.05) is 0 Å². The summed E-state index contributed by atoms with van der Waals surface area (Å²) in [5, 5.41) is 0. The van der Waals surface area contributed by atoms with Gasteiger partial charge in [-0.15, -0.1) is 0 Å². The fourth-order valence-corrected chi connectivity index (χ4v) is 0.978. The van der Waals surface area contributed by atoms with E-state index in [1.807, 2.05) is 6.92 Å². The highest BCUT2D eigenvalue weighted by atomic mass is 32.1. The quantitative estimate of drug-likeness (QED) is 0.329. The SMILES string of the molecule is BC[C@@H](/C=C/C)CS. The minimum atomic E-state index is 0.684. The molecule has 0 aromatic carbocycles. The predicted molar refractivity (Wildman–Crippen MR) is 45.5 cm³/mol. The molecule has 0 aromatic heterocycles. The Morgan fingerprint density at radius 1 is 1.75 bits per heavy atom. The lowest BCUT2D eigenvalue weighted by atomic mass is 9.92. The van der Waals surface area contributed by atoms with Crippen LogP contribution in [-0.2, 0) is 0 Å². The zero-order valence-corrected chi connectivity index (χ0v) is 6.49. The van der Waals surface area contributed by atoms with Gasteiger partial charge in [-0.25, -0.2) is 0 Å². The van der Waals surface area contributed by atoms with Crippen LogP contribution in [0.4, 0.5) is 0 Å². The van der Waals surface area contributed by atoms with Crippen molar-refractivity contribution in [2.45, 2.75) is 13.2 Å². The van der Waals surface area contributed by atoms with Crippen molar-refractivity contribution in [2.24, 2.45) is 5.92 Å². The van der Waals surface area contributed by atoms with Gasteiger partial charge in [-0.05, 0) is 18.6 Å². The molecular weight excluding hydrogens is 115 g/mol. The molecule has 8 heavy (non-hydrogen) atoms. The van der Waals surface area contributed by atoms with E-state index in [-0.39, 0.29) is 0 Å². The molecule has 0 radical (unpaired) electrons. The van der Waals surface area contributed by atoms with Crippen LogP contribution in [0.2, 0.25) is 6.32 Å². The lowest BCUT2D eigenvalue weighted by Crippen LogP contribution is -1.95. The van der Waals surface area contributed by atoms with Gasteiger partial charge in [0.15, 0.2) is 0 Å². The van der Waals surface area contributed by atoms with Crippen LogP contribution in [-0.4, -0.2) is 13.6 Å². The monoisotopic (exact) mass is 128 g/mol. The minimum Gasteiger partial charge on any atom is -0.179 e. The van der Waals surface area contributed by atoms with Crippen molar-refractivity contribution >= 4 is 20.5 Å². The summed E-state index contributed by atoms with van der Waals surface area (Å²) in [4.78, 5) is 0. The first-order valence-electron chi connectivity index (χ1n) is 3.08. The van der Waals surface area contributed by atoms with Crippen LogP contribution in [0.5, 0.6) is 0 Å². The molecule has 0 amide bonds. The van der Waals surface area contributed by atoms with Gasteiger partial charge in [-0.2, -0.15) is 12.6 Å². The van der Waals surface area contributed by atoms with Crippen LogP contribution in [0.15, 0.2) is 12.2 Å². The van der Waals surface area contributed by atoms with Crippen molar-refractivity contribution in [1.82, 2.24) is 0 Å². The second-order valence-corrected chi connectivity index (χ2v) is 2.24. The van der Waals surface area contributed by atoms with Crippen molar-refractivity contribution in [3.63, 3.8) is 0 Å². The molecule has 0 heterocycles. The number of hydrogen-bond acceptors (Lipinski definition) is 1. The molecule has 0 bridgehead atoms. The third-order valence-electron chi connectivity index (χ3n) is 1.22. The Balaban J connectivity index is 3.36. The van der Waals surface area contributed by atoms with Crippen LogP contribution in [0.3, 0.4) is 0 Å². The molecule has 0 saturated carbocycles. The van der Waals surface area contributed by atoms with E-state index in [1.54, 1.807) is 0 Å². The molecule has 0 aliphatic heterocycles. The lowest BCUT2D eigenvalue weighted by molar-refractivity contribution is 0.846. The maximum absolute atomic E-state index is 4.18. The Hall–Kier alpha value is 0.155. The maximum atomic E-state index is 4.18. The van der Waals surface area contributed by atoms with E-state index in [2.05, 4.69) is 32.6 Å². The highest BCUT2D eigenvalue weighted by molar-refractivity contribution is 7.80. The van der Waals surface area contributed by atoms with E-state index in [0.29, 0.717) is 5.92 Å². The lowest BCUT2D eigenvalue weighted by Gasteiger charge is -2.02. The molecule has 0 saturated heterocycles. The van der Waals surface area contributed by atoms with E-state index in [0.717, 1.165) is 5.75 Å². The third-order valence-corrected chi connectivity index (χ3v) is 1.69. The van der Waals surface area contributed by atoms with Gasteiger partial charge in [0.2, 0.25) is 0 Å². The van der Waals surface area contributed by atoms with Crippen LogP contribution >= 0.6 is 12.6 Å². The molecule has 2 heteroatoms. The van der Waals surface area contributed by atoms with Gasteiger partial charge in [0.1, 0.15) is 7.85 Å². The van der Waals surface area contributed by atoms with E-state index >= 15 is 0 Å². The normalized spacial score (nSPS) is 14.8. The molecule has 0 spiro atoms. The van der Waals surface area contributed by atoms with Gasteiger partial charge in [0.05, 0.1) is 0 Å². The fourth-order valence-electron chi connectivity index (χ4n) is 0.598. The van der Waals surface area contributed by atoms with Crippen molar-refractivity contribution in [2.75, 3.05) is 5.75 Å². The number of allylic oxidation sites excluding steroid dienone is 2. The highest BCUT2D eigenvalue weighted by Gasteiger charge is 1.94. The van der Waals surface area contributed by atoms with Crippen LogP contribution in [0.25, 0.3) is 0 Å². The molecule has 0 aromatic rings. The first-order valence-corrected chi connectivity index (χ1v) is 3.72. The second kappa shape index (κ2) is 5.29. The topological polar surface area (TPSA) is 0 Å². The van der Waals surface area contributed by atoms with E-state index in [4.69, 9.17) is 0 Å². The molecule has 1 atom stereocenters. The fraction of sp³-hybridized carbons (Fsp3) is 0.667. The summed E-state index contributed by atoms with van der Waals surface area (Å²) in [6, 6.07) is 0. The van der Waals surface area contributed by atoms with Gasteiger partial charge >= 0.3 is 0 Å². The molecule has 0 fully saturated rings. The summed E-state index contributed by atoms with van der Waals surface area (Å²) >= 11 is 4.18. The molecule has 46 valence electrons. The van der Waals surface area contributed by atoms with Gasteiger partial charge < -0.3 is 0 Å². The molecular formula is C6H13BS. The first-order chi connectivity index (χ1) is 3.85. The third kappa shape index (κ3) is 3.19. The largest absolute Gasteiger partial charge is 0.179 e. The Morgan fingerprint density at radius 2 is 2.38 bits per heavy atom. The summed E-state index contributed by atoms with van der Waals surface area (Å²) in [5.41, 5.74) is 0. The number of thiol groups is 1.